The molecule has 55 heavy (non-hydrogen) atoms. The van der Waals surface area contributed by atoms with Crippen LogP contribution in [0.25, 0.3) is 65.3 Å². The number of fused-ring (bicyclic) bond motifs is 4. The minimum Gasteiger partial charge on any atom is -0.415 e. The van der Waals surface area contributed by atoms with Crippen LogP contribution in [0.5, 0.6) is 11.5 Å². The minimum atomic E-state index is -3.57. The average molecular weight is 757 g/mol. The molecule has 1 aliphatic rings. The van der Waals surface area contributed by atoms with Crippen LogP contribution in [0.2, 0.25) is 0 Å². The Balaban J connectivity index is 1.25. The number of hydrogen-bond acceptors (Lipinski definition) is 4. The molecule has 9 rings (SSSR count). The van der Waals surface area contributed by atoms with Gasteiger partial charge >= 0.3 is 6.72 Å². The third kappa shape index (κ3) is 6.93. The molecular formula is C50H45O3PS. The molecule has 0 aromatic heterocycles. The number of rotatable bonds is 9. The Hall–Kier alpha value is -4.99. The summed E-state index contributed by atoms with van der Waals surface area (Å²) in [6.45, 7) is 3.34. The standard InChI is InChI=1S/C50H45O3PS/c1-33(2)39-29-26-34(3)32-48(39)53-54(55,51-46-30-27-37-16-6-10-22-42(37)49(46)44-24-12-18-35-14-4-8-20-40(35)44)52-47-31-28-38-17-7-11-23-43(38)50(47)45-25-13-19-36-15-5-9-21-41(36)45/h4-25,27-28,30-31,33-34,39,48H,26,29,32H2,1-3H3/t34-,39+,48-/m1/s1. The zero-order valence-corrected chi connectivity index (χ0v) is 33.2. The monoisotopic (exact) mass is 756 g/mol. The molecule has 0 saturated heterocycles. The Morgan fingerprint density at radius 1 is 0.509 bits per heavy atom. The first-order valence-corrected chi connectivity index (χ1v) is 22.1. The van der Waals surface area contributed by atoms with Crippen LogP contribution in [-0.2, 0) is 16.3 Å². The van der Waals surface area contributed by atoms with Gasteiger partial charge in [0.1, 0.15) is 11.5 Å². The first-order valence-electron chi connectivity index (χ1n) is 19.5. The Morgan fingerprint density at radius 3 is 1.40 bits per heavy atom. The van der Waals surface area contributed by atoms with Gasteiger partial charge in [-0.15, -0.1) is 0 Å². The van der Waals surface area contributed by atoms with E-state index >= 15 is 0 Å². The Morgan fingerprint density at radius 2 is 0.927 bits per heavy atom. The second kappa shape index (κ2) is 14.9. The minimum absolute atomic E-state index is 0.0995. The van der Waals surface area contributed by atoms with Crippen molar-refractivity contribution < 1.29 is 13.6 Å². The highest BCUT2D eigenvalue weighted by atomic mass is 32.5. The molecule has 0 aliphatic heterocycles. The Bertz CT molecular complexity index is 2560. The van der Waals surface area contributed by atoms with E-state index in [9.17, 15) is 0 Å². The maximum Gasteiger partial charge on any atom is 0.435 e. The molecule has 8 aromatic carbocycles. The second-order valence-corrected chi connectivity index (χ2v) is 18.3. The summed E-state index contributed by atoms with van der Waals surface area (Å²) in [5.41, 5.74) is 4.14. The van der Waals surface area contributed by atoms with Crippen molar-refractivity contribution in [1.82, 2.24) is 0 Å². The van der Waals surface area contributed by atoms with Crippen LogP contribution >= 0.6 is 6.72 Å². The molecule has 0 heterocycles. The van der Waals surface area contributed by atoms with Gasteiger partial charge in [-0.1, -0.05) is 173 Å². The zero-order chi connectivity index (χ0) is 37.5. The summed E-state index contributed by atoms with van der Waals surface area (Å²) in [4.78, 5) is 0. The van der Waals surface area contributed by atoms with Crippen molar-refractivity contribution in [3.05, 3.63) is 158 Å². The normalized spacial score (nSPS) is 17.6. The maximum absolute atomic E-state index is 7.29. The largest absolute Gasteiger partial charge is 0.435 e. The van der Waals surface area contributed by atoms with Crippen LogP contribution in [0, 0.1) is 17.8 Å². The molecule has 0 bridgehead atoms. The predicted molar refractivity (Wildman–Crippen MR) is 236 cm³/mol. The quantitative estimate of drug-likeness (QED) is 0.137. The lowest BCUT2D eigenvalue weighted by molar-refractivity contribution is 0.0387. The number of benzene rings is 8. The van der Waals surface area contributed by atoms with E-state index in [1.165, 1.54) is 6.42 Å². The highest BCUT2D eigenvalue weighted by molar-refractivity contribution is 8.07. The second-order valence-electron chi connectivity index (χ2n) is 15.5. The SMILES string of the molecule is CC(C)[C@@H]1CC[C@@H](C)C[C@H]1OP(=S)(Oc1ccc2ccccc2c1-c1cccc2ccccc12)Oc1ccc2ccccc2c1-c1cccc2ccccc12. The summed E-state index contributed by atoms with van der Waals surface area (Å²) in [6.07, 6.45) is 3.08. The van der Waals surface area contributed by atoms with Crippen LogP contribution in [0.1, 0.15) is 40.0 Å². The predicted octanol–water partition coefficient (Wildman–Crippen LogP) is 14.8. The summed E-state index contributed by atoms with van der Waals surface area (Å²) >= 11 is 6.73. The van der Waals surface area contributed by atoms with Gasteiger partial charge in [0.05, 0.1) is 6.10 Å². The fourth-order valence-corrected chi connectivity index (χ4v) is 11.1. The maximum atomic E-state index is 7.29. The van der Waals surface area contributed by atoms with Gasteiger partial charge in [0.2, 0.25) is 0 Å². The lowest BCUT2D eigenvalue weighted by atomic mass is 9.75. The molecule has 0 radical (unpaired) electrons. The van der Waals surface area contributed by atoms with E-state index in [-0.39, 0.29) is 6.10 Å². The van der Waals surface area contributed by atoms with Crippen molar-refractivity contribution >= 4 is 61.6 Å². The van der Waals surface area contributed by atoms with Crippen molar-refractivity contribution in [3.8, 4) is 33.8 Å². The van der Waals surface area contributed by atoms with Crippen LogP contribution in [-0.4, -0.2) is 6.10 Å². The highest BCUT2D eigenvalue weighted by Gasteiger charge is 2.39. The Labute approximate surface area is 329 Å². The molecule has 1 fully saturated rings. The summed E-state index contributed by atoms with van der Waals surface area (Å²) < 4.78 is 21.9. The van der Waals surface area contributed by atoms with Crippen molar-refractivity contribution in [2.75, 3.05) is 0 Å². The van der Waals surface area contributed by atoms with E-state index in [0.717, 1.165) is 78.2 Å². The fraction of sp³-hybridized carbons (Fsp3) is 0.200. The summed E-state index contributed by atoms with van der Waals surface area (Å²) in [5.74, 6) is 2.61. The molecule has 274 valence electrons. The molecular weight excluding hydrogens is 712 g/mol. The molecule has 1 saturated carbocycles. The average Bonchev–Trinajstić information content (AvgIpc) is 3.20. The van der Waals surface area contributed by atoms with Gasteiger partial charge in [-0.05, 0) is 96.9 Å². The fourth-order valence-electron chi connectivity index (χ4n) is 8.80. The van der Waals surface area contributed by atoms with Crippen LogP contribution in [0.3, 0.4) is 0 Å². The van der Waals surface area contributed by atoms with Gasteiger partial charge in [0, 0.05) is 22.9 Å². The molecule has 8 aromatic rings. The first-order chi connectivity index (χ1) is 26.8. The molecule has 5 heteroatoms. The topological polar surface area (TPSA) is 27.7 Å². The van der Waals surface area contributed by atoms with Crippen LogP contribution < -0.4 is 9.05 Å². The highest BCUT2D eigenvalue weighted by Crippen LogP contribution is 2.58. The van der Waals surface area contributed by atoms with E-state index < -0.39 is 6.72 Å². The lowest BCUT2D eigenvalue weighted by Gasteiger charge is -2.39. The molecule has 1 aliphatic carbocycles. The molecule has 0 N–H and O–H groups in total. The van der Waals surface area contributed by atoms with Crippen LogP contribution in [0.15, 0.2) is 158 Å². The molecule has 3 atom stereocenters. The number of hydrogen-bond donors (Lipinski definition) is 0. The van der Waals surface area contributed by atoms with Gasteiger partial charge in [-0.3, -0.25) is 4.52 Å². The first kappa shape index (κ1) is 35.7. The van der Waals surface area contributed by atoms with Gasteiger partial charge < -0.3 is 9.05 Å². The van der Waals surface area contributed by atoms with Crippen molar-refractivity contribution in [2.24, 2.45) is 17.8 Å². The van der Waals surface area contributed by atoms with E-state index in [0.29, 0.717) is 29.3 Å². The van der Waals surface area contributed by atoms with E-state index in [1.54, 1.807) is 0 Å². The van der Waals surface area contributed by atoms with Crippen molar-refractivity contribution in [2.45, 2.75) is 46.1 Å². The lowest BCUT2D eigenvalue weighted by Crippen LogP contribution is -2.34. The van der Waals surface area contributed by atoms with E-state index in [2.05, 4.69) is 178 Å². The zero-order valence-electron chi connectivity index (χ0n) is 31.5. The van der Waals surface area contributed by atoms with Crippen molar-refractivity contribution in [1.29, 1.82) is 0 Å². The van der Waals surface area contributed by atoms with Crippen LogP contribution in [0.4, 0.5) is 0 Å². The molecule has 0 amide bonds. The molecule has 3 nitrogen and oxygen atoms in total. The smallest absolute Gasteiger partial charge is 0.415 e. The van der Waals surface area contributed by atoms with Gasteiger partial charge in [-0.25, -0.2) is 0 Å². The van der Waals surface area contributed by atoms with Gasteiger partial charge in [-0.2, -0.15) is 0 Å². The van der Waals surface area contributed by atoms with E-state index in [1.807, 2.05) is 0 Å². The van der Waals surface area contributed by atoms with E-state index in [4.69, 9.17) is 25.4 Å². The summed E-state index contributed by atoms with van der Waals surface area (Å²) in [7, 11) is 0. The third-order valence-electron chi connectivity index (χ3n) is 11.5. The van der Waals surface area contributed by atoms with Crippen molar-refractivity contribution in [3.63, 3.8) is 0 Å². The molecule has 0 unspecified atom stereocenters. The summed E-state index contributed by atoms with van der Waals surface area (Å²) in [5, 5.41) is 9.06. The summed E-state index contributed by atoms with van der Waals surface area (Å²) in [6, 6.07) is 55.3. The molecule has 0 spiro atoms. The van der Waals surface area contributed by atoms with Gasteiger partial charge in [0.25, 0.3) is 0 Å². The third-order valence-corrected chi connectivity index (χ3v) is 13.6. The Kier molecular flexibility index (Phi) is 9.68. The van der Waals surface area contributed by atoms with Gasteiger partial charge in [0.15, 0.2) is 0 Å².